The largest absolute Gasteiger partial charge is 0.494 e. The molecule has 0 atom stereocenters. The average Bonchev–Trinajstić information content (AvgIpc) is 2.45. The highest BCUT2D eigenvalue weighted by molar-refractivity contribution is 7.85. The molecule has 1 fully saturated rings. The van der Waals surface area contributed by atoms with E-state index in [-0.39, 0.29) is 10.6 Å². The second-order valence-electron chi connectivity index (χ2n) is 5.10. The minimum Gasteiger partial charge on any atom is -0.494 e. The van der Waals surface area contributed by atoms with Gasteiger partial charge in [-0.2, -0.15) is 0 Å². The van der Waals surface area contributed by atoms with Crippen molar-refractivity contribution < 1.29 is 13.9 Å². The summed E-state index contributed by atoms with van der Waals surface area (Å²) in [5.74, 6) is 2.20. The van der Waals surface area contributed by atoms with E-state index >= 15 is 0 Å². The molecule has 1 aromatic rings. The Balaban J connectivity index is 1.72. The summed E-state index contributed by atoms with van der Waals surface area (Å²) >= 11 is 0. The van der Waals surface area contributed by atoms with E-state index in [1.54, 1.807) is 19.1 Å². The second-order valence-corrected chi connectivity index (χ2v) is 6.79. The lowest BCUT2D eigenvalue weighted by Gasteiger charge is -2.25. The molecule has 0 saturated carbocycles. The third-order valence-electron chi connectivity index (χ3n) is 3.52. The molecule has 2 rings (SSSR count). The van der Waals surface area contributed by atoms with Gasteiger partial charge in [-0.05, 0) is 25.5 Å². The second kappa shape index (κ2) is 7.51. The van der Waals surface area contributed by atoms with Gasteiger partial charge in [0.1, 0.15) is 5.75 Å². The summed E-state index contributed by atoms with van der Waals surface area (Å²) in [5, 5.41) is 10.7. The number of rotatable bonds is 6. The Labute approximate surface area is 126 Å². The highest BCUT2D eigenvalue weighted by atomic mass is 32.2. The van der Waals surface area contributed by atoms with Gasteiger partial charge in [-0.1, -0.05) is 0 Å². The molecule has 1 aliphatic heterocycles. The number of nitrogens with zero attached hydrogens (tertiary/aromatic N) is 2. The highest BCUT2D eigenvalue weighted by Gasteiger charge is 2.14. The quantitative estimate of drug-likeness (QED) is 0.454. The van der Waals surface area contributed by atoms with Crippen molar-refractivity contribution in [3.05, 3.63) is 33.9 Å². The van der Waals surface area contributed by atoms with E-state index in [4.69, 9.17) is 4.74 Å². The van der Waals surface area contributed by atoms with Crippen LogP contribution in [-0.2, 0) is 10.8 Å². The van der Waals surface area contributed by atoms with Gasteiger partial charge in [0.15, 0.2) is 0 Å². The van der Waals surface area contributed by atoms with Crippen molar-refractivity contribution in [2.24, 2.45) is 0 Å². The lowest BCUT2D eigenvalue weighted by Crippen LogP contribution is -2.38. The molecule has 6 nitrogen and oxygen atoms in total. The SMILES string of the molecule is Cc1cc(OCCCN2CCS(=O)CC2)ccc1[N+](=O)[O-]. The molecule has 0 aliphatic carbocycles. The molecule has 1 aromatic carbocycles. The fraction of sp³-hybridized carbons (Fsp3) is 0.571. The zero-order valence-electron chi connectivity index (χ0n) is 12.1. The molecule has 1 heterocycles. The predicted octanol–water partition coefficient (Wildman–Crippen LogP) is 1.74. The van der Waals surface area contributed by atoms with Gasteiger partial charge >= 0.3 is 0 Å². The van der Waals surface area contributed by atoms with Crippen molar-refractivity contribution in [3.63, 3.8) is 0 Å². The molecular weight excluding hydrogens is 292 g/mol. The van der Waals surface area contributed by atoms with Crippen molar-refractivity contribution in [1.29, 1.82) is 0 Å². The molecule has 0 aromatic heterocycles. The minimum absolute atomic E-state index is 0.115. The van der Waals surface area contributed by atoms with Crippen LogP contribution >= 0.6 is 0 Å². The number of hydrogen-bond acceptors (Lipinski definition) is 5. The van der Waals surface area contributed by atoms with Crippen LogP contribution in [0.5, 0.6) is 5.75 Å². The van der Waals surface area contributed by atoms with Crippen LogP contribution in [0.3, 0.4) is 0 Å². The molecule has 7 heteroatoms. The Bertz CT molecular complexity index is 526. The average molecular weight is 312 g/mol. The number of ether oxygens (including phenoxy) is 1. The zero-order chi connectivity index (χ0) is 15.2. The van der Waals surface area contributed by atoms with Crippen LogP contribution in [0.15, 0.2) is 18.2 Å². The van der Waals surface area contributed by atoms with Crippen LogP contribution in [0.1, 0.15) is 12.0 Å². The molecule has 0 radical (unpaired) electrons. The van der Waals surface area contributed by atoms with E-state index in [1.807, 2.05) is 0 Å². The summed E-state index contributed by atoms with van der Waals surface area (Å²) in [6, 6.07) is 4.81. The molecule has 1 aliphatic rings. The van der Waals surface area contributed by atoms with Crippen molar-refractivity contribution in [1.82, 2.24) is 4.90 Å². The summed E-state index contributed by atoms with van der Waals surface area (Å²) in [4.78, 5) is 12.6. The molecule has 21 heavy (non-hydrogen) atoms. The third-order valence-corrected chi connectivity index (χ3v) is 4.80. The van der Waals surface area contributed by atoms with E-state index in [2.05, 4.69) is 4.90 Å². The number of hydrogen-bond donors (Lipinski definition) is 0. The first-order valence-electron chi connectivity index (χ1n) is 7.01. The van der Waals surface area contributed by atoms with E-state index in [1.165, 1.54) is 6.07 Å². The fourth-order valence-electron chi connectivity index (χ4n) is 2.30. The van der Waals surface area contributed by atoms with Crippen LogP contribution in [0.2, 0.25) is 0 Å². The Morgan fingerprint density at radius 1 is 1.38 bits per heavy atom. The molecule has 0 N–H and O–H groups in total. The fourth-order valence-corrected chi connectivity index (χ4v) is 3.43. The van der Waals surface area contributed by atoms with Crippen LogP contribution in [0.4, 0.5) is 5.69 Å². The first kappa shape index (κ1) is 15.9. The molecule has 0 amide bonds. The van der Waals surface area contributed by atoms with Crippen molar-refractivity contribution in [2.45, 2.75) is 13.3 Å². The monoisotopic (exact) mass is 312 g/mol. The molecule has 0 unspecified atom stereocenters. The van der Waals surface area contributed by atoms with Crippen LogP contribution in [0.25, 0.3) is 0 Å². The first-order valence-corrected chi connectivity index (χ1v) is 8.50. The normalized spacial score (nSPS) is 16.8. The third kappa shape index (κ3) is 4.78. The van der Waals surface area contributed by atoms with Gasteiger partial charge in [-0.25, -0.2) is 0 Å². The molecule has 0 bridgehead atoms. The first-order chi connectivity index (χ1) is 10.1. The van der Waals surface area contributed by atoms with E-state index < -0.39 is 10.8 Å². The van der Waals surface area contributed by atoms with Crippen molar-refractivity contribution >= 4 is 16.5 Å². The van der Waals surface area contributed by atoms with Crippen LogP contribution < -0.4 is 4.74 Å². The summed E-state index contributed by atoms with van der Waals surface area (Å²) in [7, 11) is -0.635. The van der Waals surface area contributed by atoms with Gasteiger partial charge in [-0.15, -0.1) is 0 Å². The van der Waals surface area contributed by atoms with Gasteiger partial charge < -0.3 is 9.64 Å². The van der Waals surface area contributed by atoms with Gasteiger partial charge in [0.2, 0.25) is 0 Å². The minimum atomic E-state index is -0.635. The standard InChI is InChI=1S/C14H20N2O4S/c1-12-11-13(3-4-14(12)16(17)18)20-8-2-5-15-6-9-21(19)10-7-15/h3-4,11H,2,5-10H2,1H3. The Kier molecular flexibility index (Phi) is 5.69. The smallest absolute Gasteiger partial charge is 0.272 e. The molecule has 1 saturated heterocycles. The summed E-state index contributed by atoms with van der Waals surface area (Å²) < 4.78 is 16.9. The Morgan fingerprint density at radius 2 is 2.10 bits per heavy atom. The number of nitro benzene ring substituents is 1. The van der Waals surface area contributed by atoms with Gasteiger partial charge in [0, 0.05) is 53.6 Å². The van der Waals surface area contributed by atoms with Gasteiger partial charge in [0.25, 0.3) is 5.69 Å². The zero-order valence-corrected chi connectivity index (χ0v) is 12.9. The molecule has 0 spiro atoms. The number of aryl methyl sites for hydroxylation is 1. The van der Waals surface area contributed by atoms with Crippen molar-refractivity contribution in [3.8, 4) is 5.75 Å². The molecular formula is C14H20N2O4S. The maximum absolute atomic E-state index is 11.2. The maximum Gasteiger partial charge on any atom is 0.272 e. The lowest BCUT2D eigenvalue weighted by atomic mass is 10.2. The van der Waals surface area contributed by atoms with E-state index in [9.17, 15) is 14.3 Å². The number of benzene rings is 1. The van der Waals surface area contributed by atoms with Gasteiger partial charge in [0.05, 0.1) is 11.5 Å². The van der Waals surface area contributed by atoms with Crippen LogP contribution in [0, 0.1) is 17.0 Å². The maximum atomic E-state index is 11.2. The topological polar surface area (TPSA) is 72.7 Å². The predicted molar refractivity (Wildman–Crippen MR) is 82.3 cm³/mol. The van der Waals surface area contributed by atoms with E-state index in [0.29, 0.717) is 17.9 Å². The summed E-state index contributed by atoms with van der Waals surface area (Å²) in [6.07, 6.45) is 0.892. The summed E-state index contributed by atoms with van der Waals surface area (Å²) in [6.45, 7) is 5.01. The Morgan fingerprint density at radius 3 is 2.71 bits per heavy atom. The lowest BCUT2D eigenvalue weighted by molar-refractivity contribution is -0.385. The molecule has 116 valence electrons. The summed E-state index contributed by atoms with van der Waals surface area (Å²) in [5.41, 5.74) is 0.722. The Hall–Kier alpha value is -1.47. The van der Waals surface area contributed by atoms with Crippen LogP contribution in [-0.4, -0.2) is 51.8 Å². The van der Waals surface area contributed by atoms with Crippen molar-refractivity contribution in [2.75, 3.05) is 37.7 Å². The number of nitro groups is 1. The van der Waals surface area contributed by atoms with Gasteiger partial charge in [-0.3, -0.25) is 14.3 Å². The van der Waals surface area contributed by atoms with E-state index in [0.717, 1.165) is 37.6 Å². The highest BCUT2D eigenvalue weighted by Crippen LogP contribution is 2.23.